The number of pyridine rings is 1. The Hall–Kier alpha value is -2.34. The molecular weight excluding hydrogens is 306 g/mol. The fourth-order valence-corrected chi connectivity index (χ4v) is 3.36. The number of aliphatic hydroxyl groups excluding tert-OH is 1. The first-order valence-corrected chi connectivity index (χ1v) is 8.29. The second kappa shape index (κ2) is 6.65. The van der Waals surface area contributed by atoms with E-state index < -0.39 is 0 Å². The first kappa shape index (κ1) is 16.5. The Labute approximate surface area is 140 Å². The molecule has 128 valence electrons. The van der Waals surface area contributed by atoms with Crippen molar-refractivity contribution < 1.29 is 9.90 Å². The van der Waals surface area contributed by atoms with Crippen molar-refractivity contribution in [1.82, 2.24) is 9.47 Å². The monoisotopic (exact) mass is 329 g/mol. The number of aromatic nitrogens is 1. The molecule has 24 heavy (non-hydrogen) atoms. The van der Waals surface area contributed by atoms with Crippen molar-refractivity contribution in [2.24, 2.45) is 13.0 Å². The highest BCUT2D eigenvalue weighted by atomic mass is 16.3. The molecule has 1 aliphatic heterocycles. The fourth-order valence-electron chi connectivity index (χ4n) is 3.36. The van der Waals surface area contributed by atoms with Crippen molar-refractivity contribution in [2.75, 3.05) is 18.5 Å². The topological polar surface area (TPSA) is 74.6 Å². The summed E-state index contributed by atoms with van der Waals surface area (Å²) >= 11 is 0. The molecule has 3 rings (SSSR count). The molecule has 1 aliphatic rings. The van der Waals surface area contributed by atoms with Gasteiger partial charge in [0.05, 0.1) is 0 Å². The summed E-state index contributed by atoms with van der Waals surface area (Å²) in [6.45, 7) is 2.74. The Morgan fingerprint density at radius 1 is 1.38 bits per heavy atom. The normalized spacial score (nSPS) is 21.0. The predicted molar refractivity (Wildman–Crippen MR) is 94.2 cm³/mol. The van der Waals surface area contributed by atoms with Gasteiger partial charge < -0.3 is 19.9 Å². The highest BCUT2D eigenvalue weighted by Crippen LogP contribution is 2.24. The van der Waals surface area contributed by atoms with E-state index in [-0.39, 0.29) is 30.2 Å². The Kier molecular flexibility index (Phi) is 4.57. The van der Waals surface area contributed by atoms with Crippen LogP contribution in [0.1, 0.15) is 19.8 Å². The number of aryl methyl sites for hydroxylation is 1. The average molecular weight is 329 g/mol. The van der Waals surface area contributed by atoms with Gasteiger partial charge >= 0.3 is 6.03 Å². The van der Waals surface area contributed by atoms with Gasteiger partial charge in [-0.15, -0.1) is 0 Å². The van der Waals surface area contributed by atoms with Crippen molar-refractivity contribution in [2.45, 2.75) is 25.8 Å². The number of aliphatic hydroxyl groups is 1. The van der Waals surface area contributed by atoms with Gasteiger partial charge in [-0.05, 0) is 43.4 Å². The fraction of sp³-hybridized carbons (Fsp3) is 0.444. The molecule has 0 aliphatic carbocycles. The lowest BCUT2D eigenvalue weighted by atomic mass is 9.91. The molecule has 2 atom stereocenters. The van der Waals surface area contributed by atoms with Crippen LogP contribution in [-0.2, 0) is 7.05 Å². The van der Waals surface area contributed by atoms with Crippen molar-refractivity contribution in [1.29, 1.82) is 0 Å². The zero-order valence-corrected chi connectivity index (χ0v) is 14.0. The van der Waals surface area contributed by atoms with Crippen LogP contribution in [0.5, 0.6) is 0 Å². The molecule has 6 nitrogen and oxygen atoms in total. The van der Waals surface area contributed by atoms with Gasteiger partial charge in [0.15, 0.2) is 0 Å². The van der Waals surface area contributed by atoms with Crippen LogP contribution < -0.4 is 10.9 Å². The number of amides is 2. The highest BCUT2D eigenvalue weighted by molar-refractivity contribution is 5.93. The van der Waals surface area contributed by atoms with Gasteiger partial charge in [0, 0.05) is 49.4 Å². The molecule has 1 saturated heterocycles. The summed E-state index contributed by atoms with van der Waals surface area (Å²) in [5.41, 5.74) is 0.518. The zero-order valence-electron chi connectivity index (χ0n) is 14.0. The van der Waals surface area contributed by atoms with Crippen LogP contribution in [0, 0.1) is 5.92 Å². The van der Waals surface area contributed by atoms with Crippen LogP contribution in [0.25, 0.3) is 10.8 Å². The molecule has 1 aromatic carbocycles. The molecule has 0 spiro atoms. The second-order valence-electron chi connectivity index (χ2n) is 6.48. The van der Waals surface area contributed by atoms with Gasteiger partial charge in [0.1, 0.15) is 0 Å². The summed E-state index contributed by atoms with van der Waals surface area (Å²) in [4.78, 5) is 26.6. The third-order valence-corrected chi connectivity index (χ3v) is 4.98. The quantitative estimate of drug-likeness (QED) is 0.887. The Balaban J connectivity index is 1.83. The number of carbonyl (C=O) groups excluding carboxylic acids is 1. The number of rotatable bonds is 2. The minimum Gasteiger partial charge on any atom is -0.396 e. The van der Waals surface area contributed by atoms with Crippen molar-refractivity contribution in [3.05, 3.63) is 40.8 Å². The van der Waals surface area contributed by atoms with E-state index in [4.69, 9.17) is 0 Å². The Bertz CT molecular complexity index is 815. The summed E-state index contributed by atoms with van der Waals surface area (Å²) in [7, 11) is 1.71. The lowest BCUT2D eigenvalue weighted by molar-refractivity contribution is 0.0908. The number of benzene rings is 1. The maximum atomic E-state index is 12.6. The number of likely N-dealkylation sites (tertiary alicyclic amines) is 1. The first-order chi connectivity index (χ1) is 11.5. The number of anilines is 1. The molecule has 2 N–H and O–H groups in total. The van der Waals surface area contributed by atoms with E-state index in [1.165, 1.54) is 4.57 Å². The molecule has 0 radical (unpaired) electrons. The van der Waals surface area contributed by atoms with Gasteiger partial charge in [0.25, 0.3) is 5.56 Å². The molecule has 1 fully saturated rings. The van der Waals surface area contributed by atoms with E-state index in [0.29, 0.717) is 17.6 Å². The van der Waals surface area contributed by atoms with Crippen LogP contribution in [0.15, 0.2) is 35.3 Å². The molecule has 2 aromatic rings. The third kappa shape index (κ3) is 3.01. The molecule has 1 aromatic heterocycles. The van der Waals surface area contributed by atoms with Gasteiger partial charge in [-0.2, -0.15) is 0 Å². The van der Waals surface area contributed by atoms with E-state index in [1.54, 1.807) is 30.3 Å². The van der Waals surface area contributed by atoms with Crippen LogP contribution >= 0.6 is 0 Å². The Morgan fingerprint density at radius 2 is 2.17 bits per heavy atom. The van der Waals surface area contributed by atoms with Crippen LogP contribution in [0.4, 0.5) is 10.5 Å². The number of urea groups is 1. The van der Waals surface area contributed by atoms with Crippen LogP contribution in [-0.4, -0.2) is 39.8 Å². The van der Waals surface area contributed by atoms with Gasteiger partial charge in [-0.1, -0.05) is 6.07 Å². The molecule has 6 heteroatoms. The largest absolute Gasteiger partial charge is 0.396 e. The van der Waals surface area contributed by atoms with Gasteiger partial charge in [-0.25, -0.2) is 4.79 Å². The molecular formula is C18H23N3O3. The summed E-state index contributed by atoms with van der Waals surface area (Å²) in [6.07, 6.45) is 3.56. The van der Waals surface area contributed by atoms with Crippen LogP contribution in [0.2, 0.25) is 0 Å². The SMILES string of the molecule is CC1C(CO)CCCN1C(=O)Nc1ccc2ccn(C)c(=O)c2c1. The number of nitrogens with zero attached hydrogens (tertiary/aromatic N) is 2. The van der Waals surface area contributed by atoms with Gasteiger partial charge in [-0.3, -0.25) is 4.79 Å². The Morgan fingerprint density at radius 3 is 2.92 bits per heavy atom. The van der Waals surface area contributed by atoms with E-state index >= 15 is 0 Å². The summed E-state index contributed by atoms with van der Waals surface area (Å²) in [5, 5.41) is 13.7. The molecule has 2 unspecified atom stereocenters. The highest BCUT2D eigenvalue weighted by Gasteiger charge is 2.30. The summed E-state index contributed by atoms with van der Waals surface area (Å²) in [6, 6.07) is 7.04. The molecule has 0 saturated carbocycles. The van der Waals surface area contributed by atoms with Crippen molar-refractivity contribution >= 4 is 22.5 Å². The number of fused-ring (bicyclic) bond motifs is 1. The molecule has 2 heterocycles. The van der Waals surface area contributed by atoms with E-state index in [1.807, 2.05) is 19.1 Å². The average Bonchev–Trinajstić information content (AvgIpc) is 2.58. The number of hydrogen-bond donors (Lipinski definition) is 2. The summed E-state index contributed by atoms with van der Waals surface area (Å²) in [5.74, 6) is 0.119. The standard InChI is InChI=1S/C18H23N3O3/c1-12-14(11-22)4-3-8-21(12)18(24)19-15-6-5-13-7-9-20(2)17(23)16(13)10-15/h5-7,9-10,12,14,22H,3-4,8,11H2,1-2H3,(H,19,24). The van der Waals surface area contributed by atoms with E-state index in [2.05, 4.69) is 5.32 Å². The van der Waals surface area contributed by atoms with Crippen LogP contribution in [0.3, 0.4) is 0 Å². The minimum absolute atomic E-state index is 0.00271. The van der Waals surface area contributed by atoms with Crippen molar-refractivity contribution in [3.8, 4) is 0 Å². The van der Waals surface area contributed by atoms with E-state index in [9.17, 15) is 14.7 Å². The number of nitrogens with one attached hydrogen (secondary N) is 1. The number of carbonyl (C=O) groups is 1. The maximum Gasteiger partial charge on any atom is 0.322 e. The first-order valence-electron chi connectivity index (χ1n) is 8.29. The molecule has 2 amide bonds. The smallest absolute Gasteiger partial charge is 0.322 e. The maximum absolute atomic E-state index is 12.6. The zero-order chi connectivity index (χ0) is 17.3. The van der Waals surface area contributed by atoms with E-state index in [0.717, 1.165) is 18.2 Å². The molecule has 0 bridgehead atoms. The minimum atomic E-state index is -0.187. The third-order valence-electron chi connectivity index (χ3n) is 4.98. The second-order valence-corrected chi connectivity index (χ2v) is 6.48. The summed E-state index contributed by atoms with van der Waals surface area (Å²) < 4.78 is 1.52. The lowest BCUT2D eigenvalue weighted by Crippen LogP contribution is -2.49. The number of hydrogen-bond acceptors (Lipinski definition) is 3. The lowest BCUT2D eigenvalue weighted by Gasteiger charge is -2.38. The number of piperidine rings is 1. The van der Waals surface area contributed by atoms with Gasteiger partial charge in [0.2, 0.25) is 0 Å². The predicted octanol–water partition coefficient (Wildman–Crippen LogP) is 2.16. The van der Waals surface area contributed by atoms with Crippen molar-refractivity contribution in [3.63, 3.8) is 0 Å².